The molecule has 0 saturated carbocycles. The Morgan fingerprint density at radius 2 is 0.658 bits per heavy atom. The van der Waals surface area contributed by atoms with Crippen LogP contribution in [0.2, 0.25) is 0 Å². The van der Waals surface area contributed by atoms with Crippen LogP contribution in [-0.4, -0.2) is 12.6 Å². The van der Waals surface area contributed by atoms with Crippen LogP contribution in [0.3, 0.4) is 0 Å². The Morgan fingerprint density at radius 1 is 0.395 bits per heavy atom. The van der Waals surface area contributed by atoms with Crippen molar-refractivity contribution in [2.24, 2.45) is 5.92 Å². The number of hydrogen-bond acceptors (Lipinski definition) is 2. The van der Waals surface area contributed by atoms with E-state index in [4.69, 9.17) is 4.74 Å². The molecule has 0 radical (unpaired) electrons. The zero-order valence-electron chi connectivity index (χ0n) is 26.8. The summed E-state index contributed by atoms with van der Waals surface area (Å²) in [5.74, 6) is 0.257. The molecule has 1 unspecified atom stereocenters. The first kappa shape index (κ1) is 37.5. The lowest BCUT2D eigenvalue weighted by molar-refractivity contribution is -0.149. The molecule has 0 spiro atoms. The van der Waals surface area contributed by atoms with Crippen molar-refractivity contribution in [3.63, 3.8) is 0 Å². The highest BCUT2D eigenvalue weighted by Gasteiger charge is 2.19. The molecule has 0 N–H and O–H groups in total. The van der Waals surface area contributed by atoms with E-state index < -0.39 is 0 Å². The minimum Gasteiger partial charge on any atom is -0.465 e. The van der Waals surface area contributed by atoms with Gasteiger partial charge in [0.1, 0.15) is 0 Å². The first-order valence-electron chi connectivity index (χ1n) is 17.9. The minimum absolute atomic E-state index is 0.111. The van der Waals surface area contributed by atoms with Gasteiger partial charge in [-0.3, -0.25) is 4.79 Å². The fourth-order valence-corrected chi connectivity index (χ4v) is 5.66. The van der Waals surface area contributed by atoms with Crippen LogP contribution >= 0.6 is 0 Å². The largest absolute Gasteiger partial charge is 0.465 e. The maximum atomic E-state index is 12.9. The predicted octanol–water partition coefficient (Wildman–Crippen LogP) is 12.9. The number of unbranched alkanes of at least 4 members (excludes halogenated alkanes) is 25. The monoisotopic (exact) mass is 537 g/mol. The summed E-state index contributed by atoms with van der Waals surface area (Å²) in [5, 5.41) is 0. The summed E-state index contributed by atoms with van der Waals surface area (Å²) in [7, 11) is 0. The summed E-state index contributed by atoms with van der Waals surface area (Å²) in [6.07, 6.45) is 39.5. The van der Waals surface area contributed by atoms with Gasteiger partial charge >= 0.3 is 5.97 Å². The summed E-state index contributed by atoms with van der Waals surface area (Å²) >= 11 is 0. The lowest BCUT2D eigenvalue weighted by Gasteiger charge is -2.16. The minimum atomic E-state index is 0.111. The molecule has 0 amide bonds. The number of carbonyl (C=O) groups is 1. The van der Waals surface area contributed by atoms with Gasteiger partial charge in [-0.1, -0.05) is 194 Å². The smallest absolute Gasteiger partial charge is 0.308 e. The molecule has 0 aliphatic rings. The molecular formula is C36H72O2. The Kier molecular flexibility index (Phi) is 32.2. The molecule has 0 aromatic carbocycles. The molecule has 0 bridgehead atoms. The van der Waals surface area contributed by atoms with Crippen molar-refractivity contribution in [3.05, 3.63) is 0 Å². The summed E-state index contributed by atoms with van der Waals surface area (Å²) in [5.41, 5.74) is 0. The highest BCUT2D eigenvalue weighted by molar-refractivity contribution is 5.72. The van der Waals surface area contributed by atoms with E-state index in [0.29, 0.717) is 6.61 Å². The number of ether oxygens (including phenoxy) is 1. The van der Waals surface area contributed by atoms with Crippen LogP contribution in [-0.2, 0) is 9.53 Å². The average molecular weight is 537 g/mol. The molecule has 0 aromatic rings. The molecule has 228 valence electrons. The third kappa shape index (κ3) is 28.5. The van der Waals surface area contributed by atoms with Gasteiger partial charge in [-0.2, -0.15) is 0 Å². The number of carbonyl (C=O) groups excluding carboxylic acids is 1. The Balaban J connectivity index is 4.05. The molecule has 2 nitrogen and oxygen atoms in total. The van der Waals surface area contributed by atoms with Gasteiger partial charge in [0.25, 0.3) is 0 Å². The second-order valence-electron chi connectivity index (χ2n) is 12.3. The van der Waals surface area contributed by atoms with Gasteiger partial charge in [-0.15, -0.1) is 0 Å². The summed E-state index contributed by atoms with van der Waals surface area (Å²) < 4.78 is 5.80. The number of esters is 1. The van der Waals surface area contributed by atoms with Gasteiger partial charge in [-0.05, 0) is 19.3 Å². The van der Waals surface area contributed by atoms with Crippen LogP contribution in [0.5, 0.6) is 0 Å². The van der Waals surface area contributed by atoms with Crippen molar-refractivity contribution in [1.29, 1.82) is 0 Å². The zero-order valence-corrected chi connectivity index (χ0v) is 26.8. The predicted molar refractivity (Wildman–Crippen MR) is 170 cm³/mol. The molecule has 0 aliphatic heterocycles. The van der Waals surface area contributed by atoms with Gasteiger partial charge in [0.2, 0.25) is 0 Å². The van der Waals surface area contributed by atoms with Crippen molar-refractivity contribution in [1.82, 2.24) is 0 Å². The Hall–Kier alpha value is -0.530. The van der Waals surface area contributed by atoms with Crippen molar-refractivity contribution in [2.45, 2.75) is 213 Å². The Bertz CT molecular complexity index is 447. The van der Waals surface area contributed by atoms with Crippen LogP contribution in [0.4, 0.5) is 0 Å². The lowest BCUT2D eigenvalue weighted by Crippen LogP contribution is -2.18. The second-order valence-corrected chi connectivity index (χ2v) is 12.3. The molecular weight excluding hydrogens is 464 g/mol. The quantitative estimate of drug-likeness (QED) is 0.0631. The first-order valence-corrected chi connectivity index (χ1v) is 17.9. The molecule has 0 saturated heterocycles. The molecule has 0 aliphatic carbocycles. The standard InChI is InChI=1S/C36H72O2/c1-4-7-10-13-16-19-21-24-27-30-33-35(32-29-26-23-20-17-14-11-8-5-2)36(37)38-34-31-28-25-22-18-15-12-9-6-3/h35H,4-34H2,1-3H3. The SMILES string of the molecule is CCCCCCCCCCCCC(CCCCCCCCCCC)C(=O)OCCCCCCCCCCC. The normalized spacial score (nSPS) is 12.2. The van der Waals surface area contributed by atoms with Gasteiger partial charge in [0, 0.05) is 0 Å². The van der Waals surface area contributed by atoms with Crippen molar-refractivity contribution < 1.29 is 9.53 Å². The highest BCUT2D eigenvalue weighted by atomic mass is 16.5. The van der Waals surface area contributed by atoms with Crippen LogP contribution < -0.4 is 0 Å². The number of rotatable bonds is 32. The van der Waals surface area contributed by atoms with Crippen LogP contribution in [0.25, 0.3) is 0 Å². The molecule has 0 fully saturated rings. The third-order valence-corrected chi connectivity index (χ3v) is 8.39. The van der Waals surface area contributed by atoms with E-state index in [1.807, 2.05) is 0 Å². The fourth-order valence-electron chi connectivity index (χ4n) is 5.66. The van der Waals surface area contributed by atoms with E-state index >= 15 is 0 Å². The van der Waals surface area contributed by atoms with Crippen LogP contribution in [0.1, 0.15) is 213 Å². The molecule has 0 rings (SSSR count). The van der Waals surface area contributed by atoms with E-state index in [-0.39, 0.29) is 11.9 Å². The number of hydrogen-bond donors (Lipinski definition) is 0. The average Bonchev–Trinajstić information content (AvgIpc) is 2.92. The Labute approximate surface area is 241 Å². The summed E-state index contributed by atoms with van der Waals surface area (Å²) in [4.78, 5) is 12.9. The summed E-state index contributed by atoms with van der Waals surface area (Å²) in [6.45, 7) is 7.49. The molecule has 0 aromatic heterocycles. The third-order valence-electron chi connectivity index (χ3n) is 8.39. The first-order chi connectivity index (χ1) is 18.8. The Morgan fingerprint density at radius 3 is 0.974 bits per heavy atom. The van der Waals surface area contributed by atoms with E-state index in [1.54, 1.807) is 0 Å². The maximum absolute atomic E-state index is 12.9. The van der Waals surface area contributed by atoms with Gasteiger partial charge in [0.15, 0.2) is 0 Å². The zero-order chi connectivity index (χ0) is 27.8. The molecule has 2 heteroatoms. The van der Waals surface area contributed by atoms with E-state index in [9.17, 15) is 4.79 Å². The molecule has 0 heterocycles. The second kappa shape index (κ2) is 32.7. The molecule has 1 atom stereocenters. The summed E-state index contributed by atoms with van der Waals surface area (Å²) in [6, 6.07) is 0. The topological polar surface area (TPSA) is 26.3 Å². The van der Waals surface area contributed by atoms with Crippen molar-refractivity contribution in [2.75, 3.05) is 6.61 Å². The lowest BCUT2D eigenvalue weighted by atomic mass is 9.94. The fraction of sp³-hybridized carbons (Fsp3) is 0.972. The van der Waals surface area contributed by atoms with Crippen molar-refractivity contribution >= 4 is 5.97 Å². The van der Waals surface area contributed by atoms with Crippen LogP contribution in [0, 0.1) is 5.92 Å². The maximum Gasteiger partial charge on any atom is 0.308 e. The van der Waals surface area contributed by atoms with E-state index in [2.05, 4.69) is 20.8 Å². The highest BCUT2D eigenvalue weighted by Crippen LogP contribution is 2.21. The van der Waals surface area contributed by atoms with Crippen molar-refractivity contribution in [3.8, 4) is 0 Å². The van der Waals surface area contributed by atoms with Gasteiger partial charge in [-0.25, -0.2) is 0 Å². The van der Waals surface area contributed by atoms with Gasteiger partial charge < -0.3 is 4.74 Å². The van der Waals surface area contributed by atoms with E-state index in [0.717, 1.165) is 19.3 Å². The van der Waals surface area contributed by atoms with Gasteiger partial charge in [0.05, 0.1) is 12.5 Å². The van der Waals surface area contributed by atoms with Crippen LogP contribution in [0.15, 0.2) is 0 Å². The molecule has 38 heavy (non-hydrogen) atoms. The van der Waals surface area contributed by atoms with E-state index in [1.165, 1.54) is 173 Å².